The lowest BCUT2D eigenvalue weighted by Gasteiger charge is -2.24. The minimum atomic E-state index is -0.932. The first-order valence-electron chi connectivity index (χ1n) is 5.63. The molecule has 5 nitrogen and oxygen atoms in total. The fourth-order valence-corrected chi connectivity index (χ4v) is 1.45. The van der Waals surface area contributed by atoms with E-state index in [9.17, 15) is 9.59 Å². The molecule has 1 aromatic rings. The molecule has 1 heterocycles. The van der Waals surface area contributed by atoms with Gasteiger partial charge in [0.05, 0.1) is 0 Å². The van der Waals surface area contributed by atoms with E-state index >= 15 is 0 Å². The molecular weight excluding hydrogens is 220 g/mol. The Balaban J connectivity index is 2.56. The Kier molecular flexibility index (Phi) is 4.45. The SMILES string of the molecule is CCC(C)(NCCn1ccccc1=O)C(=O)O. The number of hydrogen-bond donors (Lipinski definition) is 2. The zero-order valence-electron chi connectivity index (χ0n) is 10.1. The van der Waals surface area contributed by atoms with Gasteiger partial charge in [-0.3, -0.25) is 9.59 Å². The maximum absolute atomic E-state index is 11.4. The molecule has 0 saturated heterocycles. The van der Waals surface area contributed by atoms with Gasteiger partial charge in [-0.25, -0.2) is 0 Å². The van der Waals surface area contributed by atoms with Gasteiger partial charge >= 0.3 is 5.97 Å². The Hall–Kier alpha value is -1.62. The Morgan fingerprint density at radius 2 is 2.24 bits per heavy atom. The Morgan fingerprint density at radius 3 is 2.76 bits per heavy atom. The van der Waals surface area contributed by atoms with Crippen molar-refractivity contribution in [1.82, 2.24) is 9.88 Å². The van der Waals surface area contributed by atoms with Gasteiger partial charge < -0.3 is 15.0 Å². The summed E-state index contributed by atoms with van der Waals surface area (Å²) in [6.07, 6.45) is 2.18. The number of aliphatic carboxylic acids is 1. The number of carbonyl (C=O) groups is 1. The van der Waals surface area contributed by atoms with Crippen LogP contribution in [0, 0.1) is 0 Å². The van der Waals surface area contributed by atoms with Gasteiger partial charge in [-0.1, -0.05) is 13.0 Å². The first-order valence-corrected chi connectivity index (χ1v) is 5.63. The van der Waals surface area contributed by atoms with Gasteiger partial charge in [-0.05, 0) is 19.4 Å². The highest BCUT2D eigenvalue weighted by atomic mass is 16.4. The third-order valence-corrected chi connectivity index (χ3v) is 2.95. The number of rotatable bonds is 6. The van der Waals surface area contributed by atoms with Crippen molar-refractivity contribution < 1.29 is 9.90 Å². The molecule has 0 aliphatic carbocycles. The summed E-state index contributed by atoms with van der Waals surface area (Å²) in [5, 5.41) is 12.0. The molecule has 2 N–H and O–H groups in total. The van der Waals surface area contributed by atoms with Crippen LogP contribution < -0.4 is 10.9 Å². The maximum atomic E-state index is 11.4. The van der Waals surface area contributed by atoms with Crippen LogP contribution in [0.5, 0.6) is 0 Å². The van der Waals surface area contributed by atoms with Crippen LogP contribution in [0.3, 0.4) is 0 Å². The van der Waals surface area contributed by atoms with Crippen molar-refractivity contribution in [2.24, 2.45) is 0 Å². The van der Waals surface area contributed by atoms with Crippen molar-refractivity contribution in [3.63, 3.8) is 0 Å². The molecule has 1 rings (SSSR count). The molecule has 17 heavy (non-hydrogen) atoms. The Morgan fingerprint density at radius 1 is 1.53 bits per heavy atom. The number of carboxylic acids is 1. The van der Waals surface area contributed by atoms with E-state index in [0.29, 0.717) is 19.5 Å². The van der Waals surface area contributed by atoms with Crippen molar-refractivity contribution in [2.45, 2.75) is 32.4 Å². The van der Waals surface area contributed by atoms with E-state index in [2.05, 4.69) is 5.32 Å². The Labute approximate surface area is 100 Å². The lowest BCUT2D eigenvalue weighted by Crippen LogP contribution is -2.50. The molecule has 0 saturated carbocycles. The molecule has 0 radical (unpaired) electrons. The number of carboxylic acid groups (broad SMARTS) is 1. The van der Waals surface area contributed by atoms with E-state index in [0.717, 1.165) is 0 Å². The monoisotopic (exact) mass is 238 g/mol. The average Bonchev–Trinajstić information content (AvgIpc) is 2.31. The summed E-state index contributed by atoms with van der Waals surface area (Å²) >= 11 is 0. The van der Waals surface area contributed by atoms with Crippen LogP contribution in [-0.4, -0.2) is 27.7 Å². The van der Waals surface area contributed by atoms with E-state index < -0.39 is 11.5 Å². The summed E-state index contributed by atoms with van der Waals surface area (Å²) in [5.74, 6) is -0.875. The summed E-state index contributed by atoms with van der Waals surface area (Å²) in [6.45, 7) is 4.36. The average molecular weight is 238 g/mol. The minimum absolute atomic E-state index is 0.0807. The summed E-state index contributed by atoms with van der Waals surface area (Å²) < 4.78 is 1.55. The topological polar surface area (TPSA) is 71.3 Å². The molecule has 0 aromatic carbocycles. The van der Waals surface area contributed by atoms with Gasteiger partial charge in [0.1, 0.15) is 5.54 Å². The second kappa shape index (κ2) is 5.63. The molecule has 1 unspecified atom stereocenters. The van der Waals surface area contributed by atoms with Gasteiger partial charge in [0, 0.05) is 25.4 Å². The van der Waals surface area contributed by atoms with Gasteiger partial charge in [0.2, 0.25) is 0 Å². The van der Waals surface area contributed by atoms with Gasteiger partial charge in [-0.15, -0.1) is 0 Å². The molecule has 0 fully saturated rings. The molecule has 0 aliphatic rings. The van der Waals surface area contributed by atoms with Crippen LogP contribution in [0.4, 0.5) is 0 Å². The predicted octanol–water partition coefficient (Wildman–Crippen LogP) is 0.691. The molecule has 0 spiro atoms. The zero-order chi connectivity index (χ0) is 12.9. The normalized spacial score (nSPS) is 14.2. The van der Waals surface area contributed by atoms with Crippen molar-refractivity contribution in [1.29, 1.82) is 0 Å². The molecule has 0 bridgehead atoms. The van der Waals surface area contributed by atoms with E-state index in [1.165, 1.54) is 6.07 Å². The summed E-state index contributed by atoms with van der Waals surface area (Å²) in [4.78, 5) is 22.4. The van der Waals surface area contributed by atoms with Gasteiger partial charge in [0.15, 0.2) is 0 Å². The zero-order valence-corrected chi connectivity index (χ0v) is 10.1. The second-order valence-corrected chi connectivity index (χ2v) is 4.15. The van der Waals surface area contributed by atoms with Crippen molar-refractivity contribution in [3.05, 3.63) is 34.7 Å². The van der Waals surface area contributed by atoms with Crippen LogP contribution in [0.15, 0.2) is 29.2 Å². The first kappa shape index (κ1) is 13.4. The molecule has 94 valence electrons. The summed E-state index contributed by atoms with van der Waals surface area (Å²) in [5.41, 5.74) is -1.01. The highest BCUT2D eigenvalue weighted by Crippen LogP contribution is 2.08. The van der Waals surface area contributed by atoms with Crippen LogP contribution in [0.25, 0.3) is 0 Å². The number of nitrogens with one attached hydrogen (secondary N) is 1. The minimum Gasteiger partial charge on any atom is -0.480 e. The standard InChI is InChI=1S/C12H18N2O3/c1-3-12(2,11(16)17)13-7-9-14-8-5-4-6-10(14)15/h4-6,8,13H,3,7,9H2,1-2H3,(H,16,17). The highest BCUT2D eigenvalue weighted by molar-refractivity contribution is 5.78. The second-order valence-electron chi connectivity index (χ2n) is 4.15. The van der Waals surface area contributed by atoms with E-state index in [1.54, 1.807) is 29.8 Å². The number of nitrogens with zero attached hydrogens (tertiary/aromatic N) is 1. The molecule has 0 aliphatic heterocycles. The lowest BCUT2D eigenvalue weighted by atomic mass is 9.99. The van der Waals surface area contributed by atoms with Crippen LogP contribution in [-0.2, 0) is 11.3 Å². The van der Waals surface area contributed by atoms with Crippen LogP contribution >= 0.6 is 0 Å². The van der Waals surface area contributed by atoms with Crippen molar-refractivity contribution >= 4 is 5.97 Å². The summed E-state index contributed by atoms with van der Waals surface area (Å²) in [7, 11) is 0. The molecular formula is C12H18N2O3. The van der Waals surface area contributed by atoms with Gasteiger partial charge in [0.25, 0.3) is 5.56 Å². The van der Waals surface area contributed by atoms with Crippen LogP contribution in [0.1, 0.15) is 20.3 Å². The fraction of sp³-hybridized carbons (Fsp3) is 0.500. The lowest BCUT2D eigenvalue weighted by molar-refractivity contribution is -0.144. The predicted molar refractivity (Wildman–Crippen MR) is 65.0 cm³/mol. The molecule has 5 heteroatoms. The maximum Gasteiger partial charge on any atom is 0.323 e. The molecule has 0 amide bonds. The van der Waals surface area contributed by atoms with E-state index in [1.807, 2.05) is 6.92 Å². The van der Waals surface area contributed by atoms with Crippen molar-refractivity contribution in [2.75, 3.05) is 6.54 Å². The highest BCUT2D eigenvalue weighted by Gasteiger charge is 2.29. The summed E-state index contributed by atoms with van der Waals surface area (Å²) in [6, 6.07) is 4.94. The van der Waals surface area contributed by atoms with E-state index in [-0.39, 0.29) is 5.56 Å². The fourth-order valence-electron chi connectivity index (χ4n) is 1.45. The smallest absolute Gasteiger partial charge is 0.323 e. The third-order valence-electron chi connectivity index (χ3n) is 2.95. The number of pyridine rings is 1. The first-order chi connectivity index (χ1) is 7.99. The number of hydrogen-bond acceptors (Lipinski definition) is 3. The van der Waals surface area contributed by atoms with E-state index in [4.69, 9.17) is 5.11 Å². The largest absolute Gasteiger partial charge is 0.480 e. The third kappa shape index (κ3) is 3.42. The van der Waals surface area contributed by atoms with Gasteiger partial charge in [-0.2, -0.15) is 0 Å². The molecule has 1 atom stereocenters. The molecule has 1 aromatic heterocycles. The number of aromatic nitrogens is 1. The quantitative estimate of drug-likeness (QED) is 0.765. The van der Waals surface area contributed by atoms with Crippen LogP contribution in [0.2, 0.25) is 0 Å². The Bertz CT molecular complexity index is 441. The van der Waals surface area contributed by atoms with Crippen molar-refractivity contribution in [3.8, 4) is 0 Å².